The fraction of sp³-hybridized carbons (Fsp3) is 0.258. The Bertz CT molecular complexity index is 1570. The molecule has 4 aromatic rings. The summed E-state index contributed by atoms with van der Waals surface area (Å²) < 4.78 is 12.0. The normalized spacial score (nSPS) is 16.8. The fourth-order valence-electron chi connectivity index (χ4n) is 4.72. The van der Waals surface area contributed by atoms with Crippen LogP contribution in [0.3, 0.4) is 0 Å². The van der Waals surface area contributed by atoms with E-state index in [1.807, 2.05) is 56.3 Å². The summed E-state index contributed by atoms with van der Waals surface area (Å²) in [6.45, 7) is 8.97. The number of aromatic nitrogens is 1. The predicted octanol–water partition coefficient (Wildman–Crippen LogP) is 6.84. The predicted molar refractivity (Wildman–Crippen MR) is 154 cm³/mol. The number of benzene rings is 3. The molecule has 39 heavy (non-hydrogen) atoms. The van der Waals surface area contributed by atoms with E-state index in [2.05, 4.69) is 13.8 Å². The topological polar surface area (TPSA) is 89.0 Å². The number of amides is 1. The molecule has 8 heteroatoms. The molecule has 0 spiro atoms. The minimum Gasteiger partial charge on any atom is -0.507 e. The number of aliphatic hydroxyl groups excluding tert-OH is 1. The van der Waals surface area contributed by atoms with Gasteiger partial charge in [-0.05, 0) is 61.2 Å². The van der Waals surface area contributed by atoms with Crippen LogP contribution in [0.25, 0.3) is 16.0 Å². The summed E-state index contributed by atoms with van der Waals surface area (Å²) in [5, 5.41) is 11.8. The van der Waals surface area contributed by atoms with E-state index in [-0.39, 0.29) is 11.3 Å². The van der Waals surface area contributed by atoms with Crippen LogP contribution in [0.5, 0.6) is 11.5 Å². The Morgan fingerprint density at radius 2 is 1.67 bits per heavy atom. The number of hydrogen-bond donors (Lipinski definition) is 1. The molecule has 1 amide bonds. The van der Waals surface area contributed by atoms with Gasteiger partial charge in [0, 0.05) is 5.56 Å². The zero-order valence-corrected chi connectivity index (χ0v) is 23.1. The first-order chi connectivity index (χ1) is 18.8. The van der Waals surface area contributed by atoms with Crippen molar-refractivity contribution in [1.82, 2.24) is 4.98 Å². The van der Waals surface area contributed by atoms with Crippen LogP contribution in [-0.2, 0) is 9.59 Å². The molecule has 5 rings (SSSR count). The molecular weight excluding hydrogens is 512 g/mol. The monoisotopic (exact) mass is 542 g/mol. The van der Waals surface area contributed by atoms with Crippen molar-refractivity contribution >= 4 is 44.1 Å². The molecule has 2 heterocycles. The van der Waals surface area contributed by atoms with Crippen molar-refractivity contribution in [1.29, 1.82) is 0 Å². The van der Waals surface area contributed by atoms with Gasteiger partial charge in [-0.1, -0.05) is 61.6 Å². The zero-order valence-electron chi connectivity index (χ0n) is 22.3. The van der Waals surface area contributed by atoms with Crippen LogP contribution < -0.4 is 14.4 Å². The summed E-state index contributed by atoms with van der Waals surface area (Å²) in [6.07, 6.45) is 0. The average Bonchev–Trinajstić information content (AvgIpc) is 3.46. The second-order valence-electron chi connectivity index (χ2n) is 9.51. The zero-order chi connectivity index (χ0) is 27.7. The van der Waals surface area contributed by atoms with Gasteiger partial charge in [-0.25, -0.2) is 4.98 Å². The Morgan fingerprint density at radius 1 is 0.974 bits per heavy atom. The van der Waals surface area contributed by atoms with Crippen molar-refractivity contribution in [2.45, 2.75) is 39.7 Å². The molecule has 200 valence electrons. The summed E-state index contributed by atoms with van der Waals surface area (Å²) in [5.41, 5.74) is 2.94. The van der Waals surface area contributed by atoms with Crippen molar-refractivity contribution in [3.05, 3.63) is 89.0 Å². The summed E-state index contributed by atoms with van der Waals surface area (Å²) in [4.78, 5) is 33.2. The van der Waals surface area contributed by atoms with Gasteiger partial charge in [-0.3, -0.25) is 14.5 Å². The Balaban J connectivity index is 1.68. The van der Waals surface area contributed by atoms with E-state index in [0.29, 0.717) is 52.4 Å². The molecule has 1 aromatic heterocycles. The van der Waals surface area contributed by atoms with Crippen LogP contribution in [-0.4, -0.2) is 35.0 Å². The average molecular weight is 543 g/mol. The third-order valence-corrected chi connectivity index (χ3v) is 7.66. The van der Waals surface area contributed by atoms with Crippen molar-refractivity contribution in [2.24, 2.45) is 0 Å². The van der Waals surface area contributed by atoms with Crippen LogP contribution in [0.1, 0.15) is 56.3 Å². The molecule has 1 saturated heterocycles. The van der Waals surface area contributed by atoms with Gasteiger partial charge in [-0.15, -0.1) is 0 Å². The van der Waals surface area contributed by atoms with Gasteiger partial charge in [0.25, 0.3) is 5.78 Å². The van der Waals surface area contributed by atoms with Gasteiger partial charge in [0.2, 0.25) is 0 Å². The molecule has 1 fully saturated rings. The molecule has 1 unspecified atom stereocenters. The van der Waals surface area contributed by atoms with Crippen LogP contribution in [0.4, 0.5) is 5.13 Å². The van der Waals surface area contributed by atoms with E-state index in [1.165, 1.54) is 16.2 Å². The lowest BCUT2D eigenvalue weighted by Crippen LogP contribution is -2.29. The number of aliphatic hydroxyl groups is 1. The van der Waals surface area contributed by atoms with E-state index < -0.39 is 17.7 Å². The summed E-state index contributed by atoms with van der Waals surface area (Å²) in [7, 11) is 0. The Labute approximate surface area is 231 Å². The summed E-state index contributed by atoms with van der Waals surface area (Å²) >= 11 is 1.30. The smallest absolute Gasteiger partial charge is 0.301 e. The maximum atomic E-state index is 13.6. The molecule has 3 aromatic carbocycles. The summed E-state index contributed by atoms with van der Waals surface area (Å²) in [6, 6.07) is 19.4. The van der Waals surface area contributed by atoms with Gasteiger partial charge in [0.15, 0.2) is 5.13 Å². The number of Topliss-reactive ketones (excluding diaryl/α,β-unsaturated/α-hetero) is 1. The molecule has 1 N–H and O–H groups in total. The van der Waals surface area contributed by atoms with E-state index >= 15 is 0 Å². The van der Waals surface area contributed by atoms with Crippen molar-refractivity contribution in [3.8, 4) is 11.5 Å². The van der Waals surface area contributed by atoms with Gasteiger partial charge in [0.05, 0.1) is 35.0 Å². The highest BCUT2D eigenvalue weighted by Gasteiger charge is 2.48. The first-order valence-corrected chi connectivity index (χ1v) is 13.8. The number of ether oxygens (including phenoxy) is 2. The first-order valence-electron chi connectivity index (χ1n) is 13.0. The second kappa shape index (κ2) is 10.9. The maximum Gasteiger partial charge on any atom is 0.301 e. The van der Waals surface area contributed by atoms with Crippen LogP contribution in [0, 0.1) is 0 Å². The standard InChI is InChI=1S/C31H30N2O5S/c1-5-37-22-9-7-8-21(16-22)28(34)26-27(20-12-10-19(11-13-20)18(3)4)33(30(36)29(26)35)31-32-24-15-14-23(38-6-2)17-25(24)39-31/h7-18,27,34H,5-6H2,1-4H3. The molecule has 1 aliphatic rings. The fourth-order valence-corrected chi connectivity index (χ4v) is 5.74. The molecule has 0 aliphatic carbocycles. The van der Waals surface area contributed by atoms with E-state index in [9.17, 15) is 14.7 Å². The van der Waals surface area contributed by atoms with Gasteiger partial charge in [0.1, 0.15) is 17.3 Å². The van der Waals surface area contributed by atoms with Gasteiger partial charge >= 0.3 is 5.91 Å². The molecule has 0 bridgehead atoms. The number of anilines is 1. The Kier molecular flexibility index (Phi) is 7.39. The molecule has 1 aliphatic heterocycles. The van der Waals surface area contributed by atoms with Crippen LogP contribution in [0.15, 0.2) is 72.3 Å². The van der Waals surface area contributed by atoms with Crippen LogP contribution >= 0.6 is 11.3 Å². The largest absolute Gasteiger partial charge is 0.507 e. The lowest BCUT2D eigenvalue weighted by atomic mass is 9.93. The lowest BCUT2D eigenvalue weighted by molar-refractivity contribution is -0.132. The number of rotatable bonds is 8. The lowest BCUT2D eigenvalue weighted by Gasteiger charge is -2.23. The highest BCUT2D eigenvalue weighted by Crippen LogP contribution is 2.45. The highest BCUT2D eigenvalue weighted by atomic mass is 32.1. The number of carbonyl (C=O) groups is 2. The minimum absolute atomic E-state index is 0.0141. The molecule has 0 saturated carbocycles. The summed E-state index contributed by atoms with van der Waals surface area (Å²) in [5.74, 6) is -0.172. The molecule has 1 atom stereocenters. The Hall–Kier alpha value is -4.17. The van der Waals surface area contributed by atoms with Crippen molar-refractivity contribution < 1.29 is 24.2 Å². The van der Waals surface area contributed by atoms with E-state index in [1.54, 1.807) is 24.3 Å². The minimum atomic E-state index is -0.853. The van der Waals surface area contributed by atoms with Crippen molar-refractivity contribution in [2.75, 3.05) is 18.1 Å². The second-order valence-corrected chi connectivity index (χ2v) is 10.5. The molecule has 0 radical (unpaired) electrons. The highest BCUT2D eigenvalue weighted by molar-refractivity contribution is 7.22. The molecule has 7 nitrogen and oxygen atoms in total. The van der Waals surface area contributed by atoms with Crippen molar-refractivity contribution in [3.63, 3.8) is 0 Å². The first kappa shape index (κ1) is 26.4. The van der Waals surface area contributed by atoms with Crippen LogP contribution in [0.2, 0.25) is 0 Å². The quantitative estimate of drug-likeness (QED) is 0.149. The number of hydrogen-bond acceptors (Lipinski definition) is 7. The number of carbonyl (C=O) groups excluding carboxylic acids is 2. The molecular formula is C31H30N2O5S. The number of nitrogens with zero attached hydrogens (tertiary/aromatic N) is 2. The van der Waals surface area contributed by atoms with Gasteiger partial charge in [-0.2, -0.15) is 0 Å². The number of fused-ring (bicyclic) bond motifs is 1. The van der Waals surface area contributed by atoms with E-state index in [0.717, 1.165) is 10.3 Å². The number of thiazole rings is 1. The third kappa shape index (κ3) is 5.00. The maximum absolute atomic E-state index is 13.6. The Morgan fingerprint density at radius 3 is 2.33 bits per heavy atom. The van der Waals surface area contributed by atoms with E-state index in [4.69, 9.17) is 14.5 Å². The van der Waals surface area contributed by atoms with Gasteiger partial charge < -0.3 is 14.6 Å². The third-order valence-electron chi connectivity index (χ3n) is 6.65. The number of ketones is 1. The SMILES string of the molecule is CCOc1cccc(C(O)=C2C(=O)C(=O)N(c3nc4ccc(OCC)cc4s3)C2c2ccc(C(C)C)cc2)c1.